The number of carbonyl (C=O) groups is 6. The quantitative estimate of drug-likeness (QED) is 0.0456. The Balaban J connectivity index is 5.24. The van der Waals surface area contributed by atoms with Crippen LogP contribution < -0.4 is 26.6 Å². The minimum absolute atomic E-state index is 0.0213. The van der Waals surface area contributed by atoms with Crippen LogP contribution in [-0.4, -0.2) is 174 Å². The maximum absolute atomic E-state index is 13.2. The normalized spacial score (nSPS) is 11.2. The maximum atomic E-state index is 13.2. The Bertz CT molecular complexity index is 962. The molecule has 0 atom stereocenters. The predicted octanol–water partition coefficient (Wildman–Crippen LogP) is -1.35. The van der Waals surface area contributed by atoms with Gasteiger partial charge in [0.1, 0.15) is 11.3 Å². The van der Waals surface area contributed by atoms with Gasteiger partial charge in [0, 0.05) is 99.6 Å². The van der Waals surface area contributed by atoms with Gasteiger partial charge in [-0.1, -0.05) is 0 Å². The fraction of sp³-hybridized carbons (Fsp3) is 0.829. The summed E-state index contributed by atoms with van der Waals surface area (Å²) in [5, 5.41) is 13.7. The molecular weight excluding hydrogens is 714 g/mol. The van der Waals surface area contributed by atoms with Crippen LogP contribution in [0, 0.1) is 0 Å². The molecule has 0 bridgehead atoms. The molecule has 54 heavy (non-hydrogen) atoms. The van der Waals surface area contributed by atoms with Crippen molar-refractivity contribution in [1.82, 2.24) is 26.6 Å². The van der Waals surface area contributed by atoms with Gasteiger partial charge in [-0.25, -0.2) is 0 Å². The highest BCUT2D eigenvalue weighted by Crippen LogP contribution is 2.11. The zero-order valence-electron chi connectivity index (χ0n) is 32.7. The molecule has 0 aliphatic rings. The highest BCUT2D eigenvalue weighted by Gasteiger charge is 2.34. The van der Waals surface area contributed by atoms with Gasteiger partial charge in [0.15, 0.2) is 0 Å². The zero-order valence-corrected chi connectivity index (χ0v) is 32.7. The number of ketones is 1. The van der Waals surface area contributed by atoms with Crippen LogP contribution in [0.5, 0.6) is 0 Å². The molecule has 0 aromatic heterocycles. The van der Waals surface area contributed by atoms with Crippen LogP contribution in [0.4, 0.5) is 0 Å². The molecule has 0 spiro atoms. The topological polar surface area (TPSA) is 236 Å². The van der Waals surface area contributed by atoms with Crippen LogP contribution in [0.3, 0.4) is 0 Å². The first-order valence-corrected chi connectivity index (χ1v) is 18.3. The minimum Gasteiger partial charge on any atom is -0.383 e. The number of amides is 5. The Morgan fingerprint density at radius 2 is 0.815 bits per heavy atom. The average molecular weight is 780 g/mol. The molecule has 0 heterocycles. The third kappa shape index (κ3) is 32.2. The van der Waals surface area contributed by atoms with E-state index in [9.17, 15) is 28.8 Å². The van der Waals surface area contributed by atoms with Gasteiger partial charge in [0.2, 0.25) is 29.5 Å². The predicted molar refractivity (Wildman–Crippen MR) is 196 cm³/mol. The third-order valence-corrected chi connectivity index (χ3v) is 7.21. The Kier molecular flexibility index (Phi) is 33.2. The smallest absolute Gasteiger partial charge is 0.222 e. The fourth-order valence-corrected chi connectivity index (χ4v) is 4.38. The van der Waals surface area contributed by atoms with Gasteiger partial charge in [-0.2, -0.15) is 0 Å². The number of Topliss-reactive ketones (excluding diaryl/α,β-unsaturated/α-hetero) is 1. The van der Waals surface area contributed by atoms with Crippen molar-refractivity contribution in [1.29, 1.82) is 0 Å². The molecule has 0 aromatic rings. The number of nitrogens with one attached hydrogen (secondary N) is 5. The number of rotatable bonds is 38. The van der Waals surface area contributed by atoms with Gasteiger partial charge in [0.05, 0.1) is 79.3 Å². The SMILES string of the molecule is COCCNC(=O)CCOCC(COCCC(=O)NCCOC)(COCCC(=O)NCCOC)NC(=O)CCOCCCC(=O)CCOCCNC(C)=O. The van der Waals surface area contributed by atoms with Gasteiger partial charge >= 0.3 is 0 Å². The zero-order chi connectivity index (χ0) is 40.1. The van der Waals surface area contributed by atoms with Crippen molar-refractivity contribution >= 4 is 35.3 Å². The van der Waals surface area contributed by atoms with E-state index in [4.69, 9.17) is 37.9 Å². The molecule has 0 rings (SSSR count). The van der Waals surface area contributed by atoms with Crippen molar-refractivity contribution in [2.75, 3.05) is 133 Å². The average Bonchev–Trinajstić information content (AvgIpc) is 3.13. The lowest BCUT2D eigenvalue weighted by molar-refractivity contribution is -0.131. The first-order valence-electron chi connectivity index (χ1n) is 18.3. The van der Waals surface area contributed by atoms with E-state index in [0.29, 0.717) is 65.4 Å². The van der Waals surface area contributed by atoms with Crippen LogP contribution in [0.2, 0.25) is 0 Å². The second-order valence-electron chi connectivity index (χ2n) is 12.1. The number of methoxy groups -OCH3 is 3. The summed E-state index contributed by atoms with van der Waals surface area (Å²) in [6.07, 6.45) is 1.18. The lowest BCUT2D eigenvalue weighted by Crippen LogP contribution is -2.59. The standard InChI is InChI=1S/C35H65N5O14/c1-29(41)36-15-25-51-17-7-30(42)6-5-16-50-18-11-34(46)40-35(26-52-19-8-31(43)37-12-22-47-2,27-53-20-9-32(44)38-13-23-48-3)28-54-21-10-33(45)39-14-24-49-4/h5-28H2,1-4H3,(H,36,41)(H,37,43)(H,38,44)(H,39,45)(H,40,46). The van der Waals surface area contributed by atoms with Crippen LogP contribution in [0.25, 0.3) is 0 Å². The summed E-state index contributed by atoms with van der Waals surface area (Å²) in [4.78, 5) is 72.7. The molecule has 5 amide bonds. The van der Waals surface area contributed by atoms with E-state index >= 15 is 0 Å². The van der Waals surface area contributed by atoms with Gasteiger partial charge in [-0.05, 0) is 6.42 Å². The van der Waals surface area contributed by atoms with E-state index in [1.807, 2.05) is 0 Å². The Morgan fingerprint density at radius 1 is 0.426 bits per heavy atom. The summed E-state index contributed by atoms with van der Waals surface area (Å²) in [6.45, 7) is 4.68. The number of hydrogen-bond donors (Lipinski definition) is 5. The first-order chi connectivity index (χ1) is 26.1. The Morgan fingerprint density at radius 3 is 1.26 bits per heavy atom. The summed E-state index contributed by atoms with van der Waals surface area (Å²) >= 11 is 0. The summed E-state index contributed by atoms with van der Waals surface area (Å²) in [6, 6.07) is 0. The van der Waals surface area contributed by atoms with Crippen LogP contribution in [0.1, 0.15) is 51.9 Å². The molecule has 0 radical (unpaired) electrons. The lowest BCUT2D eigenvalue weighted by Gasteiger charge is -2.34. The largest absolute Gasteiger partial charge is 0.383 e. The van der Waals surface area contributed by atoms with Gasteiger partial charge in [-0.3, -0.25) is 28.8 Å². The van der Waals surface area contributed by atoms with E-state index < -0.39 is 11.4 Å². The first kappa shape index (κ1) is 50.7. The molecule has 0 aliphatic heterocycles. The van der Waals surface area contributed by atoms with Crippen LogP contribution >= 0.6 is 0 Å². The number of carbonyl (C=O) groups excluding carboxylic acids is 6. The minimum atomic E-state index is -1.25. The van der Waals surface area contributed by atoms with Crippen molar-refractivity contribution in [2.24, 2.45) is 0 Å². The van der Waals surface area contributed by atoms with Gasteiger partial charge < -0.3 is 64.5 Å². The molecule has 19 nitrogen and oxygen atoms in total. The molecule has 0 unspecified atom stereocenters. The van der Waals surface area contributed by atoms with Gasteiger partial charge in [-0.15, -0.1) is 0 Å². The molecule has 0 saturated heterocycles. The van der Waals surface area contributed by atoms with E-state index in [2.05, 4.69) is 26.6 Å². The van der Waals surface area contributed by atoms with Crippen molar-refractivity contribution < 1.29 is 66.7 Å². The van der Waals surface area contributed by atoms with E-state index in [1.165, 1.54) is 28.3 Å². The monoisotopic (exact) mass is 779 g/mol. The molecule has 314 valence electrons. The number of hydrogen-bond acceptors (Lipinski definition) is 14. The van der Waals surface area contributed by atoms with Crippen LogP contribution in [-0.2, 0) is 66.7 Å². The molecule has 0 aliphatic carbocycles. The van der Waals surface area contributed by atoms with Gasteiger partial charge in [0.25, 0.3) is 0 Å². The summed E-state index contributed by atoms with van der Waals surface area (Å²) < 4.78 is 43.4. The number of ether oxygens (including phenoxy) is 8. The van der Waals surface area contributed by atoms with Crippen molar-refractivity contribution in [3.8, 4) is 0 Å². The Labute approximate surface area is 319 Å². The van der Waals surface area contributed by atoms with E-state index in [1.54, 1.807) is 0 Å². The molecule has 0 fully saturated rings. The fourth-order valence-electron chi connectivity index (χ4n) is 4.38. The lowest BCUT2D eigenvalue weighted by atomic mass is 10.0. The van der Waals surface area contributed by atoms with E-state index in [-0.39, 0.29) is 121 Å². The molecule has 19 heteroatoms. The summed E-state index contributed by atoms with van der Waals surface area (Å²) in [5.74, 6) is -1.23. The molecular formula is C35H65N5O14. The maximum Gasteiger partial charge on any atom is 0.222 e. The van der Waals surface area contributed by atoms with E-state index in [0.717, 1.165) is 0 Å². The second-order valence-corrected chi connectivity index (χ2v) is 12.1. The third-order valence-electron chi connectivity index (χ3n) is 7.21. The second kappa shape index (κ2) is 35.4. The molecule has 0 aromatic carbocycles. The highest BCUT2D eigenvalue weighted by molar-refractivity contribution is 5.78. The van der Waals surface area contributed by atoms with Crippen molar-refractivity contribution in [2.45, 2.75) is 57.4 Å². The van der Waals surface area contributed by atoms with Crippen LogP contribution in [0.15, 0.2) is 0 Å². The molecule has 0 saturated carbocycles. The summed E-state index contributed by atoms with van der Waals surface area (Å²) in [7, 11) is 4.60. The van der Waals surface area contributed by atoms with Crippen molar-refractivity contribution in [3.05, 3.63) is 0 Å². The highest BCUT2D eigenvalue weighted by atomic mass is 16.5. The van der Waals surface area contributed by atoms with Crippen molar-refractivity contribution in [3.63, 3.8) is 0 Å². The summed E-state index contributed by atoms with van der Waals surface area (Å²) in [5.41, 5.74) is -1.25. The Hall–Kier alpha value is -3.30. The molecule has 5 N–H and O–H groups in total.